The molecule has 0 bridgehead atoms. The van der Waals surface area contributed by atoms with Gasteiger partial charge in [-0.3, -0.25) is 10.1 Å². The molecule has 0 fully saturated rings. The van der Waals surface area contributed by atoms with Gasteiger partial charge in [0.1, 0.15) is 6.61 Å². The number of nitrogens with zero attached hydrogens (tertiary/aromatic N) is 1. The molecule has 1 N–H and O–H groups in total. The third kappa shape index (κ3) is 4.28. The molecule has 0 aliphatic carbocycles. The van der Waals surface area contributed by atoms with Gasteiger partial charge in [-0.1, -0.05) is 28.1 Å². The number of esters is 1. The largest absolute Gasteiger partial charge is 0.504 e. The number of nitro benzene ring substituents is 1. The molecule has 7 nitrogen and oxygen atoms in total. The lowest BCUT2D eigenvalue weighted by molar-refractivity contribution is -0.384. The number of hydrogen-bond acceptors (Lipinski definition) is 6. The van der Waals surface area contributed by atoms with Gasteiger partial charge in [0.25, 0.3) is 5.69 Å². The predicted octanol–water partition coefficient (Wildman–Crippen LogP) is 5.40. The highest BCUT2D eigenvalue weighted by Crippen LogP contribution is 2.44. The number of methoxy groups -OCH3 is 1. The Kier molecular flexibility index (Phi) is 6.37. The van der Waals surface area contributed by atoms with Crippen LogP contribution >= 0.6 is 15.9 Å². The summed E-state index contributed by atoms with van der Waals surface area (Å²) in [7, 11) is 1.45. The summed E-state index contributed by atoms with van der Waals surface area (Å²) in [6.07, 6.45) is 0. The van der Waals surface area contributed by atoms with Gasteiger partial charge in [-0.25, -0.2) is 4.79 Å². The molecule has 0 aliphatic heterocycles. The van der Waals surface area contributed by atoms with Crippen LogP contribution in [-0.4, -0.2) is 23.1 Å². The van der Waals surface area contributed by atoms with Gasteiger partial charge in [-0.2, -0.15) is 0 Å². The smallest absolute Gasteiger partial charge is 0.339 e. The normalized spacial score (nSPS) is 10.5. The van der Waals surface area contributed by atoms with Gasteiger partial charge in [0.15, 0.2) is 11.5 Å². The summed E-state index contributed by atoms with van der Waals surface area (Å²) in [4.78, 5) is 23.1. The van der Waals surface area contributed by atoms with Gasteiger partial charge >= 0.3 is 5.97 Å². The van der Waals surface area contributed by atoms with E-state index in [0.717, 1.165) is 5.56 Å². The molecule has 0 aromatic heterocycles. The zero-order valence-electron chi connectivity index (χ0n) is 16.2. The van der Waals surface area contributed by atoms with Crippen LogP contribution in [0.3, 0.4) is 0 Å². The van der Waals surface area contributed by atoms with Crippen LogP contribution in [0.15, 0.2) is 59.1 Å². The second-order valence-electron chi connectivity index (χ2n) is 6.47. The van der Waals surface area contributed by atoms with Crippen molar-refractivity contribution in [2.75, 3.05) is 7.11 Å². The summed E-state index contributed by atoms with van der Waals surface area (Å²) in [5.74, 6) is -0.395. The first-order chi connectivity index (χ1) is 14.3. The molecule has 0 spiro atoms. The van der Waals surface area contributed by atoms with Crippen molar-refractivity contribution in [3.63, 3.8) is 0 Å². The average Bonchev–Trinajstić information content (AvgIpc) is 2.73. The summed E-state index contributed by atoms with van der Waals surface area (Å²) < 4.78 is 11.2. The molecular weight excluding hydrogens is 454 g/mol. The zero-order chi connectivity index (χ0) is 21.8. The fourth-order valence-electron chi connectivity index (χ4n) is 3.06. The minimum absolute atomic E-state index is 0.0376. The van der Waals surface area contributed by atoms with E-state index in [0.29, 0.717) is 21.2 Å². The number of phenolic OH excluding ortho intramolecular Hbond substituents is 1. The Bertz CT molecular complexity index is 1110. The number of rotatable bonds is 6. The van der Waals surface area contributed by atoms with Crippen LogP contribution in [0.1, 0.15) is 21.5 Å². The maximum atomic E-state index is 12.9. The first-order valence-corrected chi connectivity index (χ1v) is 9.68. The van der Waals surface area contributed by atoms with Crippen molar-refractivity contribution in [3.8, 4) is 22.6 Å². The number of carbonyl (C=O) groups is 1. The van der Waals surface area contributed by atoms with Gasteiger partial charge in [0.05, 0.1) is 17.6 Å². The number of phenols is 1. The number of non-ortho nitro benzene ring substituents is 1. The van der Waals surface area contributed by atoms with Gasteiger partial charge < -0.3 is 14.6 Å². The second-order valence-corrected chi connectivity index (χ2v) is 7.32. The van der Waals surface area contributed by atoms with Crippen molar-refractivity contribution >= 4 is 27.6 Å². The van der Waals surface area contributed by atoms with E-state index in [4.69, 9.17) is 9.47 Å². The molecule has 154 valence electrons. The van der Waals surface area contributed by atoms with Crippen LogP contribution in [0.5, 0.6) is 11.5 Å². The molecule has 0 amide bonds. The van der Waals surface area contributed by atoms with E-state index in [-0.39, 0.29) is 29.4 Å². The van der Waals surface area contributed by atoms with E-state index in [1.165, 1.54) is 31.4 Å². The van der Waals surface area contributed by atoms with Crippen molar-refractivity contribution in [3.05, 3.63) is 85.9 Å². The number of aromatic hydroxyl groups is 1. The lowest BCUT2D eigenvalue weighted by atomic mass is 9.94. The monoisotopic (exact) mass is 471 g/mol. The summed E-state index contributed by atoms with van der Waals surface area (Å²) in [5, 5.41) is 21.4. The Hall–Kier alpha value is -3.39. The number of carbonyl (C=O) groups excluding carboxylic acids is 1. The van der Waals surface area contributed by atoms with Crippen LogP contribution < -0.4 is 4.74 Å². The Morgan fingerprint density at radius 2 is 1.80 bits per heavy atom. The highest BCUT2D eigenvalue weighted by Gasteiger charge is 2.22. The SMILES string of the molecule is COc1ccc(Br)c(-c2c(C)cccc2C(=O)OCc2ccc([N+](=O)[O-])cc2)c1O. The van der Waals surface area contributed by atoms with Gasteiger partial charge in [-0.15, -0.1) is 0 Å². The quantitative estimate of drug-likeness (QED) is 0.293. The molecule has 0 aliphatic rings. The number of hydrogen-bond donors (Lipinski definition) is 1. The highest BCUT2D eigenvalue weighted by atomic mass is 79.9. The number of aryl methyl sites for hydroxylation is 1. The third-order valence-corrected chi connectivity index (χ3v) is 5.23. The molecule has 3 aromatic carbocycles. The fraction of sp³-hybridized carbons (Fsp3) is 0.136. The van der Waals surface area contributed by atoms with E-state index in [9.17, 15) is 20.0 Å². The molecule has 0 atom stereocenters. The molecule has 30 heavy (non-hydrogen) atoms. The van der Waals surface area contributed by atoms with Crippen molar-refractivity contribution in [2.24, 2.45) is 0 Å². The fourth-order valence-corrected chi connectivity index (χ4v) is 3.58. The first kappa shape index (κ1) is 21.3. The summed E-state index contributed by atoms with van der Waals surface area (Å²) >= 11 is 3.44. The molecule has 8 heteroatoms. The van der Waals surface area contributed by atoms with Crippen LogP contribution in [0.4, 0.5) is 5.69 Å². The van der Waals surface area contributed by atoms with Crippen LogP contribution in [0.2, 0.25) is 0 Å². The molecule has 0 saturated carbocycles. The Labute approximate surface area is 181 Å². The number of halogens is 1. The average molecular weight is 472 g/mol. The standard InChI is InChI=1S/C22H18BrNO6/c1-13-4-3-5-16(19(13)20-17(23)10-11-18(29-2)21(20)25)22(26)30-12-14-6-8-15(9-7-14)24(27)28/h3-11,25H,12H2,1-2H3. The maximum Gasteiger partial charge on any atom is 0.339 e. The van der Waals surface area contributed by atoms with Gasteiger partial charge in [0, 0.05) is 27.7 Å². The topological polar surface area (TPSA) is 98.9 Å². The minimum Gasteiger partial charge on any atom is -0.504 e. The van der Waals surface area contributed by atoms with E-state index in [1.807, 2.05) is 13.0 Å². The second kappa shape index (κ2) is 8.96. The third-order valence-electron chi connectivity index (χ3n) is 4.57. The molecule has 0 radical (unpaired) electrons. The zero-order valence-corrected chi connectivity index (χ0v) is 17.8. The number of ether oxygens (including phenoxy) is 2. The molecule has 0 heterocycles. The van der Waals surface area contributed by atoms with Crippen molar-refractivity contribution < 1.29 is 24.3 Å². The van der Waals surface area contributed by atoms with E-state index in [1.54, 1.807) is 24.3 Å². The lowest BCUT2D eigenvalue weighted by Gasteiger charge is -2.17. The van der Waals surface area contributed by atoms with Gasteiger partial charge in [-0.05, 0) is 48.4 Å². The molecule has 0 saturated heterocycles. The van der Waals surface area contributed by atoms with E-state index in [2.05, 4.69) is 15.9 Å². The molecule has 3 aromatic rings. The molecule has 0 unspecified atom stereocenters. The van der Waals surface area contributed by atoms with Crippen molar-refractivity contribution in [1.29, 1.82) is 0 Å². The van der Waals surface area contributed by atoms with Crippen LogP contribution in [-0.2, 0) is 11.3 Å². The molecular formula is C22H18BrNO6. The van der Waals surface area contributed by atoms with Gasteiger partial charge in [0.2, 0.25) is 0 Å². The summed E-state index contributed by atoms with van der Waals surface area (Å²) in [5.41, 5.74) is 2.58. The Morgan fingerprint density at radius 3 is 2.43 bits per heavy atom. The Balaban J connectivity index is 1.93. The minimum atomic E-state index is -0.582. The van der Waals surface area contributed by atoms with Crippen LogP contribution in [0.25, 0.3) is 11.1 Å². The Morgan fingerprint density at radius 1 is 1.10 bits per heavy atom. The summed E-state index contributed by atoms with van der Waals surface area (Å²) in [6.45, 7) is 1.78. The molecule has 3 rings (SSSR count). The highest BCUT2D eigenvalue weighted by molar-refractivity contribution is 9.10. The maximum absolute atomic E-state index is 12.9. The lowest BCUT2D eigenvalue weighted by Crippen LogP contribution is -2.08. The predicted molar refractivity (Wildman–Crippen MR) is 115 cm³/mol. The number of benzene rings is 3. The van der Waals surface area contributed by atoms with Crippen molar-refractivity contribution in [2.45, 2.75) is 13.5 Å². The van der Waals surface area contributed by atoms with E-state index >= 15 is 0 Å². The van der Waals surface area contributed by atoms with Crippen molar-refractivity contribution in [1.82, 2.24) is 0 Å². The van der Waals surface area contributed by atoms with E-state index < -0.39 is 10.9 Å². The first-order valence-electron chi connectivity index (χ1n) is 8.89. The number of nitro groups is 1. The van der Waals surface area contributed by atoms with Crippen LogP contribution in [0, 0.1) is 17.0 Å². The summed E-state index contributed by atoms with van der Waals surface area (Å²) in [6, 6.07) is 14.3.